The third-order valence-corrected chi connectivity index (χ3v) is 3.72. The molecule has 2 nitrogen and oxygen atoms in total. The maximum Gasteiger partial charge on any atom is 0.419 e. The summed E-state index contributed by atoms with van der Waals surface area (Å²) >= 11 is 6.08. The first kappa shape index (κ1) is 15.6. The molecule has 0 atom stereocenters. The summed E-state index contributed by atoms with van der Waals surface area (Å²) in [6.07, 6.45) is -2.90. The van der Waals surface area contributed by atoms with Crippen LogP contribution >= 0.6 is 11.6 Å². The molecule has 3 rings (SSSR count). The summed E-state index contributed by atoms with van der Waals surface area (Å²) in [6.45, 7) is 0. The topological polar surface area (TPSA) is 22.1 Å². The number of alkyl halides is 3. The standard InChI is InChI=1S/C17H11ClF3NO/c1-23-16-5-4-10(7-14(16)17(19,20)21)13-8-11(18)9-15-12(13)3-2-6-22-15/h2-9H,1H3. The smallest absolute Gasteiger partial charge is 0.419 e. The highest BCUT2D eigenvalue weighted by atomic mass is 35.5. The van der Waals surface area contributed by atoms with Gasteiger partial charge in [-0.05, 0) is 41.5 Å². The summed E-state index contributed by atoms with van der Waals surface area (Å²) in [7, 11) is 1.21. The van der Waals surface area contributed by atoms with Crippen LogP contribution in [0.4, 0.5) is 13.2 Å². The van der Waals surface area contributed by atoms with Gasteiger partial charge in [-0.25, -0.2) is 0 Å². The Morgan fingerprint density at radius 1 is 1.09 bits per heavy atom. The zero-order chi connectivity index (χ0) is 16.6. The lowest BCUT2D eigenvalue weighted by molar-refractivity contribution is -0.138. The molecule has 118 valence electrons. The van der Waals surface area contributed by atoms with Crippen LogP contribution in [-0.2, 0) is 6.18 Å². The van der Waals surface area contributed by atoms with Gasteiger partial charge in [0.1, 0.15) is 5.75 Å². The summed E-state index contributed by atoms with van der Waals surface area (Å²) < 4.78 is 44.4. The van der Waals surface area contributed by atoms with Crippen molar-refractivity contribution in [1.82, 2.24) is 4.98 Å². The predicted octanol–water partition coefficient (Wildman–Crippen LogP) is 5.58. The van der Waals surface area contributed by atoms with Crippen molar-refractivity contribution in [3.8, 4) is 16.9 Å². The van der Waals surface area contributed by atoms with Gasteiger partial charge in [0.15, 0.2) is 0 Å². The van der Waals surface area contributed by atoms with Crippen LogP contribution < -0.4 is 4.74 Å². The second kappa shape index (κ2) is 5.74. The highest BCUT2D eigenvalue weighted by Gasteiger charge is 2.34. The first-order chi connectivity index (χ1) is 10.9. The molecule has 0 spiro atoms. The van der Waals surface area contributed by atoms with E-state index in [4.69, 9.17) is 16.3 Å². The molecule has 0 unspecified atom stereocenters. The number of benzene rings is 2. The normalized spacial score (nSPS) is 11.7. The minimum Gasteiger partial charge on any atom is -0.496 e. The zero-order valence-corrected chi connectivity index (χ0v) is 12.7. The van der Waals surface area contributed by atoms with Crippen LogP contribution in [0.3, 0.4) is 0 Å². The molecule has 0 radical (unpaired) electrons. The van der Waals surface area contributed by atoms with E-state index in [1.165, 1.54) is 13.2 Å². The molecule has 0 saturated heterocycles. The number of methoxy groups -OCH3 is 1. The Balaban J connectivity index is 2.27. The number of ether oxygens (including phenoxy) is 1. The molecule has 23 heavy (non-hydrogen) atoms. The maximum absolute atomic E-state index is 13.2. The van der Waals surface area contributed by atoms with Crippen molar-refractivity contribution in [2.75, 3.05) is 7.11 Å². The summed E-state index contributed by atoms with van der Waals surface area (Å²) in [5.74, 6) is -0.217. The molecule has 0 amide bonds. The largest absolute Gasteiger partial charge is 0.496 e. The fraction of sp³-hybridized carbons (Fsp3) is 0.118. The summed E-state index contributed by atoms with van der Waals surface area (Å²) in [5.41, 5.74) is 0.793. The van der Waals surface area contributed by atoms with Gasteiger partial charge in [-0.1, -0.05) is 23.7 Å². The number of hydrogen-bond acceptors (Lipinski definition) is 2. The maximum atomic E-state index is 13.2. The third kappa shape index (κ3) is 2.97. The lowest BCUT2D eigenvalue weighted by atomic mass is 9.98. The average molecular weight is 338 g/mol. The SMILES string of the molecule is COc1ccc(-c2cc(Cl)cc3ncccc23)cc1C(F)(F)F. The van der Waals surface area contributed by atoms with Crippen LogP contribution in [0, 0.1) is 0 Å². The van der Waals surface area contributed by atoms with Crippen molar-refractivity contribution in [3.63, 3.8) is 0 Å². The Kier molecular flexibility index (Phi) is 3.90. The van der Waals surface area contributed by atoms with Gasteiger partial charge in [0.05, 0.1) is 18.2 Å². The van der Waals surface area contributed by atoms with Crippen LogP contribution in [0.15, 0.2) is 48.7 Å². The fourth-order valence-corrected chi connectivity index (χ4v) is 2.70. The molecule has 2 aromatic carbocycles. The fourth-order valence-electron chi connectivity index (χ4n) is 2.48. The molecule has 0 fully saturated rings. The molecule has 0 aliphatic rings. The van der Waals surface area contributed by atoms with Gasteiger partial charge < -0.3 is 4.74 Å². The van der Waals surface area contributed by atoms with Gasteiger partial charge in [0, 0.05) is 16.6 Å². The van der Waals surface area contributed by atoms with E-state index in [1.54, 1.807) is 36.5 Å². The van der Waals surface area contributed by atoms with Crippen LogP contribution in [0.2, 0.25) is 5.02 Å². The quantitative estimate of drug-likeness (QED) is 0.608. The summed E-state index contributed by atoms with van der Waals surface area (Å²) in [6, 6.07) is 10.8. The van der Waals surface area contributed by atoms with Gasteiger partial charge in [-0.3, -0.25) is 4.98 Å². The average Bonchev–Trinajstić information content (AvgIpc) is 2.52. The van der Waals surface area contributed by atoms with E-state index >= 15 is 0 Å². The first-order valence-corrected chi connectivity index (χ1v) is 7.08. The number of fused-ring (bicyclic) bond motifs is 1. The Morgan fingerprint density at radius 2 is 1.87 bits per heavy atom. The second-order valence-electron chi connectivity index (χ2n) is 4.94. The van der Waals surface area contributed by atoms with Crippen molar-refractivity contribution in [3.05, 3.63) is 59.2 Å². The molecule has 0 aliphatic carbocycles. The Morgan fingerprint density at radius 3 is 2.57 bits per heavy atom. The number of nitrogens with zero attached hydrogens (tertiary/aromatic N) is 1. The Labute approximate surface area is 135 Å². The minimum atomic E-state index is -4.51. The van der Waals surface area contributed by atoms with E-state index in [9.17, 15) is 13.2 Å². The van der Waals surface area contributed by atoms with Gasteiger partial charge in [-0.2, -0.15) is 13.2 Å². The van der Waals surface area contributed by atoms with Crippen LogP contribution in [0.1, 0.15) is 5.56 Å². The molecular formula is C17H11ClF3NO. The van der Waals surface area contributed by atoms with Gasteiger partial charge in [-0.15, -0.1) is 0 Å². The molecule has 1 aromatic heterocycles. The lowest BCUT2D eigenvalue weighted by Gasteiger charge is -2.14. The van der Waals surface area contributed by atoms with Crippen molar-refractivity contribution in [1.29, 1.82) is 0 Å². The van der Waals surface area contributed by atoms with E-state index in [0.717, 1.165) is 11.5 Å². The van der Waals surface area contributed by atoms with Crippen molar-refractivity contribution < 1.29 is 17.9 Å². The number of halogens is 4. The monoisotopic (exact) mass is 337 g/mol. The van der Waals surface area contributed by atoms with E-state index in [0.29, 0.717) is 21.7 Å². The molecule has 1 heterocycles. The van der Waals surface area contributed by atoms with Crippen LogP contribution in [0.25, 0.3) is 22.0 Å². The third-order valence-electron chi connectivity index (χ3n) is 3.50. The molecule has 0 aliphatic heterocycles. The molecule has 0 bridgehead atoms. The van der Waals surface area contributed by atoms with Crippen LogP contribution in [-0.4, -0.2) is 12.1 Å². The summed E-state index contributed by atoms with van der Waals surface area (Å²) in [5, 5.41) is 1.14. The Bertz CT molecular complexity index is 877. The lowest BCUT2D eigenvalue weighted by Crippen LogP contribution is -2.07. The van der Waals surface area contributed by atoms with Gasteiger partial charge in [0.2, 0.25) is 0 Å². The molecule has 3 aromatic rings. The first-order valence-electron chi connectivity index (χ1n) is 6.70. The predicted molar refractivity (Wildman–Crippen MR) is 83.7 cm³/mol. The molecule has 0 N–H and O–H groups in total. The molecular weight excluding hydrogens is 327 g/mol. The minimum absolute atomic E-state index is 0.217. The number of hydrogen-bond donors (Lipinski definition) is 0. The number of rotatable bonds is 2. The van der Waals surface area contributed by atoms with Crippen molar-refractivity contribution in [2.45, 2.75) is 6.18 Å². The van der Waals surface area contributed by atoms with Crippen LogP contribution in [0.5, 0.6) is 5.75 Å². The highest BCUT2D eigenvalue weighted by Crippen LogP contribution is 2.40. The van der Waals surface area contributed by atoms with Gasteiger partial charge in [0.25, 0.3) is 0 Å². The highest BCUT2D eigenvalue weighted by molar-refractivity contribution is 6.31. The number of aromatic nitrogens is 1. The zero-order valence-electron chi connectivity index (χ0n) is 12.0. The van der Waals surface area contributed by atoms with Gasteiger partial charge >= 0.3 is 6.18 Å². The van der Waals surface area contributed by atoms with E-state index < -0.39 is 11.7 Å². The van der Waals surface area contributed by atoms with Crippen molar-refractivity contribution in [2.24, 2.45) is 0 Å². The summed E-state index contributed by atoms with van der Waals surface area (Å²) in [4.78, 5) is 4.20. The number of pyridine rings is 1. The molecule has 6 heteroatoms. The van der Waals surface area contributed by atoms with E-state index in [2.05, 4.69) is 4.98 Å². The second-order valence-corrected chi connectivity index (χ2v) is 5.37. The van der Waals surface area contributed by atoms with E-state index in [-0.39, 0.29) is 5.75 Å². The Hall–Kier alpha value is -2.27. The van der Waals surface area contributed by atoms with E-state index in [1.807, 2.05) is 0 Å². The molecule has 0 saturated carbocycles. The van der Waals surface area contributed by atoms with Crippen molar-refractivity contribution >= 4 is 22.5 Å².